The standard InChI is InChI=1S/C14H21Cl2NO2S/c1-10(2)8-17(11(3)4)20(18,19)9-12-5-6-13(15)14(16)7-12/h5-7,10-11H,8-9H2,1-4H3. The molecular weight excluding hydrogens is 317 g/mol. The van der Waals surface area contributed by atoms with Crippen molar-refractivity contribution in [2.24, 2.45) is 5.92 Å². The third-order valence-electron chi connectivity index (χ3n) is 2.81. The first-order chi connectivity index (χ1) is 9.13. The van der Waals surface area contributed by atoms with Crippen molar-refractivity contribution in [1.29, 1.82) is 0 Å². The van der Waals surface area contributed by atoms with Crippen LogP contribution in [-0.4, -0.2) is 25.3 Å². The van der Waals surface area contributed by atoms with Gasteiger partial charge in [-0.3, -0.25) is 0 Å². The van der Waals surface area contributed by atoms with Gasteiger partial charge in [-0.25, -0.2) is 8.42 Å². The van der Waals surface area contributed by atoms with E-state index in [1.165, 1.54) is 0 Å². The normalized spacial score (nSPS) is 12.7. The lowest BCUT2D eigenvalue weighted by atomic mass is 10.2. The largest absolute Gasteiger partial charge is 0.218 e. The molecule has 6 heteroatoms. The van der Waals surface area contributed by atoms with Gasteiger partial charge in [0.2, 0.25) is 10.0 Å². The molecule has 0 atom stereocenters. The third-order valence-corrected chi connectivity index (χ3v) is 5.53. The van der Waals surface area contributed by atoms with E-state index in [0.717, 1.165) is 0 Å². The fraction of sp³-hybridized carbons (Fsp3) is 0.571. The van der Waals surface area contributed by atoms with Crippen LogP contribution in [0.3, 0.4) is 0 Å². The Balaban J connectivity index is 2.99. The smallest absolute Gasteiger partial charge is 0.212 e. The molecule has 114 valence electrons. The summed E-state index contributed by atoms with van der Waals surface area (Å²) in [5.41, 5.74) is 0.647. The second-order valence-electron chi connectivity index (χ2n) is 5.56. The van der Waals surface area contributed by atoms with Gasteiger partial charge >= 0.3 is 0 Å². The zero-order valence-electron chi connectivity index (χ0n) is 12.2. The Morgan fingerprint density at radius 2 is 1.70 bits per heavy atom. The van der Waals surface area contributed by atoms with Gasteiger partial charge in [-0.05, 0) is 37.5 Å². The molecule has 0 aliphatic heterocycles. The van der Waals surface area contributed by atoms with Crippen LogP contribution in [0.15, 0.2) is 18.2 Å². The Labute approximate surface area is 131 Å². The molecule has 1 aromatic rings. The van der Waals surface area contributed by atoms with Crippen molar-refractivity contribution in [1.82, 2.24) is 4.31 Å². The summed E-state index contributed by atoms with van der Waals surface area (Å²) in [5, 5.41) is 0.801. The van der Waals surface area contributed by atoms with Crippen LogP contribution < -0.4 is 0 Å². The van der Waals surface area contributed by atoms with Crippen molar-refractivity contribution in [3.05, 3.63) is 33.8 Å². The summed E-state index contributed by atoms with van der Waals surface area (Å²) >= 11 is 11.8. The minimum Gasteiger partial charge on any atom is -0.212 e. The van der Waals surface area contributed by atoms with Crippen LogP contribution in [0, 0.1) is 5.92 Å². The predicted molar refractivity (Wildman–Crippen MR) is 85.8 cm³/mol. The minimum atomic E-state index is -3.37. The Bertz CT molecular complexity index is 556. The second kappa shape index (κ2) is 7.12. The highest BCUT2D eigenvalue weighted by molar-refractivity contribution is 7.88. The van der Waals surface area contributed by atoms with Crippen LogP contribution in [0.5, 0.6) is 0 Å². The van der Waals surface area contributed by atoms with Crippen LogP contribution >= 0.6 is 23.2 Å². The summed E-state index contributed by atoms with van der Waals surface area (Å²) in [6.45, 7) is 8.29. The topological polar surface area (TPSA) is 37.4 Å². The van der Waals surface area contributed by atoms with Crippen molar-refractivity contribution in [2.45, 2.75) is 39.5 Å². The Kier molecular flexibility index (Phi) is 6.32. The molecule has 0 aliphatic carbocycles. The van der Waals surface area contributed by atoms with Crippen molar-refractivity contribution in [3.8, 4) is 0 Å². The second-order valence-corrected chi connectivity index (χ2v) is 8.30. The first-order valence-corrected chi connectivity index (χ1v) is 8.93. The molecule has 0 saturated heterocycles. The first kappa shape index (κ1) is 17.8. The van der Waals surface area contributed by atoms with Crippen molar-refractivity contribution < 1.29 is 8.42 Å². The summed E-state index contributed by atoms with van der Waals surface area (Å²) in [5.74, 6) is 0.218. The molecule has 0 unspecified atom stereocenters. The monoisotopic (exact) mass is 337 g/mol. The molecule has 0 N–H and O–H groups in total. The highest BCUT2D eigenvalue weighted by atomic mass is 35.5. The van der Waals surface area contributed by atoms with Crippen LogP contribution in [0.4, 0.5) is 0 Å². The maximum Gasteiger partial charge on any atom is 0.218 e. The molecule has 0 radical (unpaired) electrons. The molecule has 0 aromatic heterocycles. The fourth-order valence-corrected chi connectivity index (χ4v) is 4.18. The quantitative estimate of drug-likeness (QED) is 0.780. The van der Waals surface area contributed by atoms with Gasteiger partial charge in [0.25, 0.3) is 0 Å². The Morgan fingerprint density at radius 1 is 1.10 bits per heavy atom. The number of hydrogen-bond acceptors (Lipinski definition) is 2. The summed E-state index contributed by atoms with van der Waals surface area (Å²) in [6.07, 6.45) is 0. The number of halogens is 2. The van der Waals surface area contributed by atoms with Gasteiger partial charge in [0.05, 0.1) is 15.8 Å². The molecule has 0 aliphatic rings. The van der Waals surface area contributed by atoms with E-state index in [1.807, 2.05) is 27.7 Å². The molecular formula is C14H21Cl2NO2S. The maximum absolute atomic E-state index is 12.5. The van der Waals surface area contributed by atoms with E-state index >= 15 is 0 Å². The van der Waals surface area contributed by atoms with E-state index < -0.39 is 10.0 Å². The molecule has 0 amide bonds. The molecule has 0 bridgehead atoms. The average Bonchev–Trinajstić information content (AvgIpc) is 2.30. The van der Waals surface area contributed by atoms with Crippen LogP contribution in [-0.2, 0) is 15.8 Å². The minimum absolute atomic E-state index is 0.0607. The lowest BCUT2D eigenvalue weighted by molar-refractivity contribution is 0.318. The SMILES string of the molecule is CC(C)CN(C(C)C)S(=O)(=O)Cc1ccc(Cl)c(Cl)c1. The molecule has 20 heavy (non-hydrogen) atoms. The summed E-state index contributed by atoms with van der Waals surface area (Å²) in [4.78, 5) is 0. The Hall–Kier alpha value is -0.290. The zero-order chi connectivity index (χ0) is 15.5. The molecule has 0 spiro atoms. The summed E-state index contributed by atoms with van der Waals surface area (Å²) < 4.78 is 26.6. The first-order valence-electron chi connectivity index (χ1n) is 6.57. The van der Waals surface area contributed by atoms with Crippen LogP contribution in [0.2, 0.25) is 10.0 Å². The summed E-state index contributed by atoms with van der Waals surface area (Å²) in [6, 6.07) is 4.86. The van der Waals surface area contributed by atoms with Gasteiger partial charge in [0.1, 0.15) is 0 Å². The number of benzene rings is 1. The molecule has 0 fully saturated rings. The molecule has 3 nitrogen and oxygen atoms in total. The lowest BCUT2D eigenvalue weighted by Crippen LogP contribution is -2.40. The molecule has 1 aromatic carbocycles. The maximum atomic E-state index is 12.5. The number of rotatable bonds is 6. The van der Waals surface area contributed by atoms with Crippen LogP contribution in [0.25, 0.3) is 0 Å². The van der Waals surface area contributed by atoms with Gasteiger partial charge in [-0.15, -0.1) is 0 Å². The predicted octanol–water partition coefficient (Wildman–Crippen LogP) is 4.19. The third kappa shape index (κ3) is 4.92. The van der Waals surface area contributed by atoms with E-state index in [-0.39, 0.29) is 17.7 Å². The lowest BCUT2D eigenvalue weighted by Gasteiger charge is -2.27. The highest BCUT2D eigenvalue weighted by Crippen LogP contribution is 2.24. The average molecular weight is 338 g/mol. The molecule has 0 heterocycles. The molecule has 1 rings (SSSR count). The molecule has 0 saturated carbocycles. The van der Waals surface area contributed by atoms with Gasteiger partial charge < -0.3 is 0 Å². The fourth-order valence-electron chi connectivity index (χ4n) is 1.93. The van der Waals surface area contributed by atoms with E-state index in [2.05, 4.69) is 0 Å². The van der Waals surface area contributed by atoms with Gasteiger partial charge in [0, 0.05) is 12.6 Å². The van der Waals surface area contributed by atoms with Crippen molar-refractivity contribution in [3.63, 3.8) is 0 Å². The van der Waals surface area contributed by atoms with E-state index in [1.54, 1.807) is 22.5 Å². The Morgan fingerprint density at radius 3 is 2.15 bits per heavy atom. The number of hydrogen-bond donors (Lipinski definition) is 0. The van der Waals surface area contributed by atoms with Crippen molar-refractivity contribution >= 4 is 33.2 Å². The number of nitrogens with zero attached hydrogens (tertiary/aromatic N) is 1. The van der Waals surface area contributed by atoms with Gasteiger partial charge in [-0.1, -0.05) is 43.1 Å². The van der Waals surface area contributed by atoms with Crippen LogP contribution in [0.1, 0.15) is 33.3 Å². The van der Waals surface area contributed by atoms with Gasteiger partial charge in [0.15, 0.2) is 0 Å². The van der Waals surface area contributed by atoms with E-state index in [9.17, 15) is 8.42 Å². The summed E-state index contributed by atoms with van der Waals surface area (Å²) in [7, 11) is -3.37. The number of sulfonamides is 1. The van der Waals surface area contributed by atoms with E-state index in [0.29, 0.717) is 22.2 Å². The van der Waals surface area contributed by atoms with Crippen molar-refractivity contribution in [2.75, 3.05) is 6.54 Å². The highest BCUT2D eigenvalue weighted by Gasteiger charge is 2.26. The zero-order valence-corrected chi connectivity index (χ0v) is 14.6. The van der Waals surface area contributed by atoms with Gasteiger partial charge in [-0.2, -0.15) is 4.31 Å². The van der Waals surface area contributed by atoms with E-state index in [4.69, 9.17) is 23.2 Å².